The lowest BCUT2D eigenvalue weighted by molar-refractivity contribution is -0.122. The van der Waals surface area contributed by atoms with Gasteiger partial charge in [0, 0.05) is 19.5 Å². The van der Waals surface area contributed by atoms with Crippen molar-refractivity contribution in [3.05, 3.63) is 29.8 Å². The average Bonchev–Trinajstić information content (AvgIpc) is 2.65. The van der Waals surface area contributed by atoms with Crippen molar-refractivity contribution in [2.24, 2.45) is 11.8 Å². The normalized spacial score (nSPS) is 17.2. The molecule has 0 aliphatic carbocycles. The van der Waals surface area contributed by atoms with Gasteiger partial charge in [0.25, 0.3) is 0 Å². The third-order valence-corrected chi connectivity index (χ3v) is 5.08. The summed E-state index contributed by atoms with van der Waals surface area (Å²) in [5.74, 6) is 2.09. The molecule has 0 bridgehead atoms. The highest BCUT2D eigenvalue weighted by atomic mass is 35.5. The molecule has 7 heteroatoms. The number of nitrogens with one attached hydrogen (secondary N) is 2. The molecule has 0 aromatic heterocycles. The van der Waals surface area contributed by atoms with Crippen LogP contribution in [0.4, 0.5) is 0 Å². The predicted molar refractivity (Wildman–Crippen MR) is 121 cm³/mol. The Kier molecular flexibility index (Phi) is 14.4. The summed E-state index contributed by atoms with van der Waals surface area (Å²) in [5.41, 5.74) is 1.10. The zero-order valence-electron chi connectivity index (χ0n) is 17.4. The fraction of sp³-hybridized carbons (Fsp3) is 0.667. The first-order valence-corrected chi connectivity index (χ1v) is 9.88. The van der Waals surface area contributed by atoms with E-state index in [4.69, 9.17) is 4.74 Å². The Hall–Kier alpha value is -1.01. The molecule has 2 atom stereocenters. The van der Waals surface area contributed by atoms with Gasteiger partial charge in [0.05, 0.1) is 6.61 Å². The van der Waals surface area contributed by atoms with Gasteiger partial charge in [0.15, 0.2) is 0 Å². The molecule has 1 fully saturated rings. The number of benzene rings is 1. The molecular weight excluding hydrogens is 397 g/mol. The zero-order chi connectivity index (χ0) is 18.8. The van der Waals surface area contributed by atoms with E-state index in [0.717, 1.165) is 44.0 Å². The van der Waals surface area contributed by atoms with Crippen LogP contribution < -0.4 is 15.4 Å². The van der Waals surface area contributed by atoms with E-state index in [0.29, 0.717) is 24.8 Å². The van der Waals surface area contributed by atoms with Crippen molar-refractivity contribution in [1.29, 1.82) is 0 Å². The standard InChI is InChI=1S/C21H35N3O2.2ClH/c1-17(19-6-4-11-22-16-19)14-21(25)23-15-18-7-9-20(10-8-18)26-13-5-12-24(2)3;;/h7-10,17,19,22H,4-6,11-16H2,1-3H3,(H,23,25);2*1H. The summed E-state index contributed by atoms with van der Waals surface area (Å²) in [6.07, 6.45) is 4.08. The van der Waals surface area contributed by atoms with E-state index in [9.17, 15) is 4.79 Å². The second-order valence-corrected chi connectivity index (χ2v) is 7.71. The number of halogens is 2. The van der Waals surface area contributed by atoms with Crippen molar-refractivity contribution in [3.63, 3.8) is 0 Å². The highest BCUT2D eigenvalue weighted by Gasteiger charge is 2.21. The number of hydrogen-bond acceptors (Lipinski definition) is 4. The maximum atomic E-state index is 12.2. The smallest absolute Gasteiger partial charge is 0.220 e. The lowest BCUT2D eigenvalue weighted by Gasteiger charge is -2.28. The molecule has 2 N–H and O–H groups in total. The fourth-order valence-corrected chi connectivity index (χ4v) is 3.37. The van der Waals surface area contributed by atoms with E-state index in [1.54, 1.807) is 0 Å². The molecule has 1 aliphatic heterocycles. The molecule has 1 heterocycles. The highest BCUT2D eigenvalue weighted by Crippen LogP contribution is 2.22. The topological polar surface area (TPSA) is 53.6 Å². The van der Waals surface area contributed by atoms with Crippen LogP contribution in [0.5, 0.6) is 5.75 Å². The summed E-state index contributed by atoms with van der Waals surface area (Å²) in [5, 5.41) is 6.48. The summed E-state index contributed by atoms with van der Waals surface area (Å²) >= 11 is 0. The third kappa shape index (κ3) is 10.5. The van der Waals surface area contributed by atoms with Crippen molar-refractivity contribution in [2.45, 2.75) is 39.2 Å². The quantitative estimate of drug-likeness (QED) is 0.554. The Morgan fingerprint density at radius 2 is 2.00 bits per heavy atom. The van der Waals surface area contributed by atoms with Crippen molar-refractivity contribution < 1.29 is 9.53 Å². The zero-order valence-corrected chi connectivity index (χ0v) is 19.0. The van der Waals surface area contributed by atoms with Gasteiger partial charge in [-0.25, -0.2) is 0 Å². The van der Waals surface area contributed by atoms with Gasteiger partial charge < -0.3 is 20.3 Å². The number of rotatable bonds is 10. The van der Waals surface area contributed by atoms with Crippen molar-refractivity contribution in [2.75, 3.05) is 40.3 Å². The maximum absolute atomic E-state index is 12.2. The maximum Gasteiger partial charge on any atom is 0.220 e. The summed E-state index contributed by atoms with van der Waals surface area (Å²) in [4.78, 5) is 14.4. The molecule has 1 saturated heterocycles. The molecule has 0 radical (unpaired) electrons. The molecule has 0 spiro atoms. The molecule has 2 unspecified atom stereocenters. The van der Waals surface area contributed by atoms with Crippen LogP contribution in [-0.4, -0.2) is 51.1 Å². The van der Waals surface area contributed by atoms with Crippen molar-refractivity contribution in [1.82, 2.24) is 15.5 Å². The number of nitrogens with zero attached hydrogens (tertiary/aromatic N) is 1. The Balaban J connectivity index is 0.00000364. The highest BCUT2D eigenvalue weighted by molar-refractivity contribution is 5.85. The average molecular weight is 434 g/mol. The Morgan fingerprint density at radius 3 is 2.61 bits per heavy atom. The van der Waals surface area contributed by atoms with E-state index in [-0.39, 0.29) is 30.7 Å². The van der Waals surface area contributed by atoms with Gasteiger partial charge in [-0.15, -0.1) is 24.8 Å². The summed E-state index contributed by atoms with van der Waals surface area (Å²) in [6, 6.07) is 8.01. The minimum Gasteiger partial charge on any atom is -0.494 e. The number of ether oxygens (including phenoxy) is 1. The van der Waals surface area contributed by atoms with E-state index in [1.165, 1.54) is 12.8 Å². The second-order valence-electron chi connectivity index (χ2n) is 7.71. The third-order valence-electron chi connectivity index (χ3n) is 5.08. The number of carbonyl (C=O) groups is 1. The summed E-state index contributed by atoms with van der Waals surface area (Å²) in [6.45, 7) is 6.69. The van der Waals surface area contributed by atoms with Crippen LogP contribution in [0.2, 0.25) is 0 Å². The van der Waals surface area contributed by atoms with Crippen LogP contribution in [0.1, 0.15) is 38.2 Å². The molecule has 1 aliphatic rings. The van der Waals surface area contributed by atoms with Gasteiger partial charge in [-0.05, 0) is 76.0 Å². The molecule has 1 aromatic rings. The van der Waals surface area contributed by atoms with Gasteiger partial charge in [0.1, 0.15) is 5.75 Å². The first-order valence-electron chi connectivity index (χ1n) is 9.88. The van der Waals surface area contributed by atoms with Crippen molar-refractivity contribution >= 4 is 30.7 Å². The van der Waals surface area contributed by atoms with Crippen molar-refractivity contribution in [3.8, 4) is 5.75 Å². The molecule has 28 heavy (non-hydrogen) atoms. The van der Waals surface area contributed by atoms with Crippen LogP contribution in [-0.2, 0) is 11.3 Å². The molecule has 162 valence electrons. The van der Waals surface area contributed by atoms with E-state index >= 15 is 0 Å². The Bertz CT molecular complexity index is 535. The Morgan fingerprint density at radius 1 is 1.29 bits per heavy atom. The van der Waals surface area contributed by atoms with Crippen LogP contribution in [0.3, 0.4) is 0 Å². The number of hydrogen-bond donors (Lipinski definition) is 2. The van der Waals surface area contributed by atoms with Gasteiger partial charge in [-0.1, -0.05) is 19.1 Å². The SMILES string of the molecule is CC(CC(=O)NCc1ccc(OCCCN(C)C)cc1)C1CCCNC1.Cl.Cl. The summed E-state index contributed by atoms with van der Waals surface area (Å²) < 4.78 is 5.74. The number of piperidine rings is 1. The van der Waals surface area contributed by atoms with Gasteiger partial charge in [0.2, 0.25) is 5.91 Å². The molecule has 1 aromatic carbocycles. The molecule has 1 amide bonds. The molecule has 2 rings (SSSR count). The lowest BCUT2D eigenvalue weighted by atomic mass is 9.85. The van der Waals surface area contributed by atoms with E-state index in [1.807, 2.05) is 24.3 Å². The Labute approximate surface area is 182 Å². The minimum atomic E-state index is 0. The molecule has 0 saturated carbocycles. The van der Waals surface area contributed by atoms with E-state index < -0.39 is 0 Å². The van der Waals surface area contributed by atoms with Gasteiger partial charge in [-0.3, -0.25) is 4.79 Å². The van der Waals surface area contributed by atoms with Crippen LogP contribution in [0.25, 0.3) is 0 Å². The first-order chi connectivity index (χ1) is 12.5. The van der Waals surface area contributed by atoms with Crippen LogP contribution in [0, 0.1) is 11.8 Å². The van der Waals surface area contributed by atoms with Gasteiger partial charge >= 0.3 is 0 Å². The van der Waals surface area contributed by atoms with Crippen LogP contribution >= 0.6 is 24.8 Å². The lowest BCUT2D eigenvalue weighted by Crippen LogP contribution is -2.35. The number of amides is 1. The molecule has 5 nitrogen and oxygen atoms in total. The van der Waals surface area contributed by atoms with Gasteiger partial charge in [-0.2, -0.15) is 0 Å². The largest absolute Gasteiger partial charge is 0.494 e. The summed E-state index contributed by atoms with van der Waals surface area (Å²) in [7, 11) is 4.13. The predicted octanol–water partition coefficient (Wildman–Crippen LogP) is 3.50. The second kappa shape index (κ2) is 14.9. The van der Waals surface area contributed by atoms with E-state index in [2.05, 4.69) is 36.6 Å². The van der Waals surface area contributed by atoms with Crippen LogP contribution in [0.15, 0.2) is 24.3 Å². The first kappa shape index (κ1) is 27.0. The number of carbonyl (C=O) groups excluding carboxylic acids is 1. The monoisotopic (exact) mass is 433 g/mol. The fourth-order valence-electron chi connectivity index (χ4n) is 3.37. The minimum absolute atomic E-state index is 0. The molecular formula is C21H37Cl2N3O2.